The van der Waals surface area contributed by atoms with E-state index in [2.05, 4.69) is 0 Å². The zero-order valence-electron chi connectivity index (χ0n) is 16.9. The fraction of sp³-hybridized carbons (Fsp3) is 0.125. The van der Waals surface area contributed by atoms with Gasteiger partial charge in [-0.2, -0.15) is 31.6 Å². The summed E-state index contributed by atoms with van der Waals surface area (Å²) in [6, 6.07) is 14.5. The molecule has 0 fully saturated rings. The highest BCUT2D eigenvalue weighted by atomic mass is 35.5. The zero-order chi connectivity index (χ0) is 25.1. The molecular formula is C24H13Cl2F6NO. The van der Waals surface area contributed by atoms with E-state index in [4.69, 9.17) is 27.9 Å². The zero-order valence-corrected chi connectivity index (χ0v) is 18.4. The predicted octanol–water partition coefficient (Wildman–Crippen LogP) is 8.64. The van der Waals surface area contributed by atoms with E-state index in [0.717, 1.165) is 30.3 Å². The van der Waals surface area contributed by atoms with Crippen molar-refractivity contribution in [2.45, 2.75) is 19.0 Å². The summed E-state index contributed by atoms with van der Waals surface area (Å²) >= 11 is 12.0. The molecule has 34 heavy (non-hydrogen) atoms. The molecule has 0 saturated carbocycles. The monoisotopic (exact) mass is 515 g/mol. The number of nitriles is 1. The molecule has 3 aromatic rings. The van der Waals surface area contributed by atoms with Gasteiger partial charge in [0.15, 0.2) is 0 Å². The lowest BCUT2D eigenvalue weighted by Gasteiger charge is -2.20. The molecule has 0 bridgehead atoms. The van der Waals surface area contributed by atoms with Gasteiger partial charge in [0.05, 0.1) is 16.1 Å². The lowest BCUT2D eigenvalue weighted by molar-refractivity contribution is -0.138. The van der Waals surface area contributed by atoms with Crippen LogP contribution in [0.2, 0.25) is 10.0 Å². The third-order valence-electron chi connectivity index (χ3n) is 4.71. The van der Waals surface area contributed by atoms with E-state index < -0.39 is 47.0 Å². The van der Waals surface area contributed by atoms with Gasteiger partial charge in [0.2, 0.25) is 0 Å². The van der Waals surface area contributed by atoms with E-state index in [1.54, 1.807) is 6.07 Å². The number of allylic oxidation sites excluding steroid dienone is 1. The Morgan fingerprint density at radius 1 is 0.794 bits per heavy atom. The molecule has 0 aliphatic heterocycles. The second-order valence-corrected chi connectivity index (χ2v) is 7.77. The summed E-state index contributed by atoms with van der Waals surface area (Å²) in [6.07, 6.45) is -9.55. The highest BCUT2D eigenvalue weighted by Crippen LogP contribution is 2.40. The van der Waals surface area contributed by atoms with Crippen molar-refractivity contribution in [3.63, 3.8) is 0 Å². The third-order valence-corrected chi connectivity index (χ3v) is 5.26. The number of hydrogen-bond donors (Lipinski definition) is 0. The van der Waals surface area contributed by atoms with Crippen molar-refractivity contribution >= 4 is 34.5 Å². The van der Waals surface area contributed by atoms with Crippen molar-refractivity contribution in [2.24, 2.45) is 0 Å². The van der Waals surface area contributed by atoms with Gasteiger partial charge in [-0.1, -0.05) is 65.7 Å². The van der Waals surface area contributed by atoms with Crippen LogP contribution in [-0.2, 0) is 23.7 Å². The maximum absolute atomic E-state index is 13.7. The summed E-state index contributed by atoms with van der Waals surface area (Å²) in [4.78, 5) is 0. The summed E-state index contributed by atoms with van der Waals surface area (Å²) in [6.45, 7) is -0.756. The Morgan fingerprint density at radius 3 is 1.97 bits per heavy atom. The van der Waals surface area contributed by atoms with Gasteiger partial charge in [-0.25, -0.2) is 0 Å². The molecule has 0 saturated heterocycles. The van der Waals surface area contributed by atoms with Gasteiger partial charge in [0.25, 0.3) is 0 Å². The highest BCUT2D eigenvalue weighted by molar-refractivity contribution is 6.36. The van der Waals surface area contributed by atoms with Crippen LogP contribution >= 0.6 is 23.2 Å². The number of alkyl halides is 6. The normalized spacial score (nSPS) is 12.7. The molecule has 0 amide bonds. The summed E-state index contributed by atoms with van der Waals surface area (Å²) < 4.78 is 87.0. The molecule has 0 aliphatic carbocycles. The van der Waals surface area contributed by atoms with Crippen LogP contribution in [0.15, 0.2) is 66.7 Å². The van der Waals surface area contributed by atoms with Gasteiger partial charge in [-0.05, 0) is 24.3 Å². The van der Waals surface area contributed by atoms with E-state index in [1.165, 1.54) is 36.4 Å². The fourth-order valence-electron chi connectivity index (χ4n) is 3.21. The van der Waals surface area contributed by atoms with Crippen LogP contribution in [0.4, 0.5) is 26.3 Å². The van der Waals surface area contributed by atoms with Crippen LogP contribution in [0, 0.1) is 11.3 Å². The van der Waals surface area contributed by atoms with Crippen molar-refractivity contribution in [1.29, 1.82) is 5.26 Å². The van der Waals surface area contributed by atoms with Crippen LogP contribution in [0.5, 0.6) is 0 Å². The first-order valence-electron chi connectivity index (χ1n) is 9.47. The first-order chi connectivity index (χ1) is 15.9. The molecule has 0 aliphatic rings. The molecule has 176 valence electrons. The Morgan fingerprint density at radius 2 is 1.38 bits per heavy atom. The molecule has 0 spiro atoms. The van der Waals surface area contributed by atoms with E-state index in [-0.39, 0.29) is 21.2 Å². The number of rotatable bonds is 5. The molecule has 0 radical (unpaired) electrons. The Bertz CT molecular complexity index is 1280. The van der Waals surface area contributed by atoms with E-state index >= 15 is 0 Å². The van der Waals surface area contributed by atoms with Gasteiger partial charge >= 0.3 is 12.4 Å². The third kappa shape index (κ3) is 5.66. The van der Waals surface area contributed by atoms with Gasteiger partial charge in [-0.3, -0.25) is 0 Å². The van der Waals surface area contributed by atoms with Crippen LogP contribution in [0.1, 0.15) is 27.8 Å². The van der Waals surface area contributed by atoms with Crippen LogP contribution < -0.4 is 0 Å². The minimum atomic E-state index is -4.83. The Hall–Kier alpha value is -3.15. The molecule has 0 atom stereocenters. The van der Waals surface area contributed by atoms with Gasteiger partial charge in [-0.15, -0.1) is 0 Å². The van der Waals surface area contributed by atoms with E-state index in [1.807, 2.05) is 0 Å². The van der Waals surface area contributed by atoms with Crippen molar-refractivity contribution in [3.05, 3.63) is 105 Å². The first-order valence-corrected chi connectivity index (χ1v) is 10.2. The molecule has 0 unspecified atom stereocenters. The molecule has 0 N–H and O–H groups in total. The average Bonchev–Trinajstić information content (AvgIpc) is 2.76. The van der Waals surface area contributed by atoms with Crippen molar-refractivity contribution in [2.75, 3.05) is 0 Å². The summed E-state index contributed by atoms with van der Waals surface area (Å²) in [5.74, 6) is -0.573. The van der Waals surface area contributed by atoms with Gasteiger partial charge in [0, 0.05) is 21.7 Å². The van der Waals surface area contributed by atoms with E-state index in [0.29, 0.717) is 0 Å². The molecule has 3 rings (SSSR count). The minimum absolute atomic E-state index is 0.00431. The molecule has 10 heteroatoms. The van der Waals surface area contributed by atoms with Crippen molar-refractivity contribution in [3.8, 4) is 6.07 Å². The van der Waals surface area contributed by atoms with Crippen molar-refractivity contribution in [1.82, 2.24) is 0 Å². The predicted molar refractivity (Wildman–Crippen MR) is 117 cm³/mol. The SMILES string of the molecule is N#CC(=C(OCc1ccccc1C(F)(F)F)c1ccccc1C(F)(F)F)c1ccc(Cl)cc1Cl. The molecule has 0 heterocycles. The lowest BCUT2D eigenvalue weighted by atomic mass is 9.98. The summed E-state index contributed by atoms with van der Waals surface area (Å²) in [5, 5.41) is 10.00. The molecule has 2 nitrogen and oxygen atoms in total. The maximum Gasteiger partial charge on any atom is 0.417 e. The Kier molecular flexibility index (Phi) is 7.49. The highest BCUT2D eigenvalue weighted by Gasteiger charge is 2.36. The molecule has 0 aromatic heterocycles. The standard InChI is InChI=1S/C24H13Cl2F6NO/c25-15-9-10-16(21(26)11-15)18(12-33)22(17-6-2-4-8-20(17)24(30,31)32)34-13-14-5-1-3-7-19(14)23(27,28)29/h1-11H,13H2. The van der Waals surface area contributed by atoms with Crippen LogP contribution in [0.3, 0.4) is 0 Å². The van der Waals surface area contributed by atoms with Crippen molar-refractivity contribution < 1.29 is 31.1 Å². The fourth-order valence-corrected chi connectivity index (χ4v) is 3.71. The second-order valence-electron chi connectivity index (χ2n) is 6.93. The van der Waals surface area contributed by atoms with Crippen LogP contribution in [-0.4, -0.2) is 0 Å². The number of ether oxygens (including phenoxy) is 1. The topological polar surface area (TPSA) is 33.0 Å². The van der Waals surface area contributed by atoms with Gasteiger partial charge < -0.3 is 4.74 Å². The number of hydrogen-bond acceptors (Lipinski definition) is 2. The quantitative estimate of drug-likeness (QED) is 0.147. The maximum atomic E-state index is 13.7. The first kappa shape index (κ1) is 25.5. The Labute approximate surface area is 200 Å². The number of benzene rings is 3. The minimum Gasteiger partial charge on any atom is -0.487 e. The molecular weight excluding hydrogens is 503 g/mol. The largest absolute Gasteiger partial charge is 0.487 e. The molecule has 3 aromatic carbocycles. The smallest absolute Gasteiger partial charge is 0.417 e. The number of halogens is 8. The summed E-state index contributed by atoms with van der Waals surface area (Å²) in [7, 11) is 0. The second kappa shape index (κ2) is 10.00. The van der Waals surface area contributed by atoms with E-state index in [9.17, 15) is 31.6 Å². The van der Waals surface area contributed by atoms with Gasteiger partial charge in [0.1, 0.15) is 24.0 Å². The van der Waals surface area contributed by atoms with Crippen LogP contribution in [0.25, 0.3) is 11.3 Å². The average molecular weight is 516 g/mol. The number of nitrogens with zero attached hydrogens (tertiary/aromatic N) is 1. The summed E-state index contributed by atoms with van der Waals surface area (Å²) in [5.41, 5.74) is -3.39. The Balaban J connectivity index is 2.23. The lowest BCUT2D eigenvalue weighted by Crippen LogP contribution is -2.12.